The van der Waals surface area contributed by atoms with Crippen molar-refractivity contribution in [3.63, 3.8) is 0 Å². The van der Waals surface area contributed by atoms with Gasteiger partial charge in [-0.2, -0.15) is 0 Å². The largest absolute Gasteiger partial charge is 0.394 e. The van der Waals surface area contributed by atoms with Crippen molar-refractivity contribution in [1.82, 2.24) is 5.32 Å². The van der Waals surface area contributed by atoms with Gasteiger partial charge in [0, 0.05) is 5.69 Å². The highest BCUT2D eigenvalue weighted by atomic mass is 16.3. The molecule has 0 radical (unpaired) electrons. The number of aliphatic hydroxyl groups is 3. The first kappa shape index (κ1) is 15.6. The summed E-state index contributed by atoms with van der Waals surface area (Å²) in [4.78, 5) is 11.7. The van der Waals surface area contributed by atoms with E-state index in [4.69, 9.17) is 15.3 Å². The molecule has 0 aromatic heterocycles. The second kappa shape index (κ2) is 7.20. The van der Waals surface area contributed by atoms with Crippen LogP contribution in [0.25, 0.3) is 0 Å². The molecule has 0 aliphatic heterocycles. The lowest BCUT2D eigenvalue weighted by atomic mass is 10.0. The first-order chi connectivity index (χ1) is 9.06. The summed E-state index contributed by atoms with van der Waals surface area (Å²) in [7, 11) is 0. The zero-order valence-corrected chi connectivity index (χ0v) is 10.9. The Morgan fingerprint density at radius 3 is 2.26 bits per heavy atom. The van der Waals surface area contributed by atoms with Crippen molar-refractivity contribution in [2.75, 3.05) is 31.7 Å². The van der Waals surface area contributed by atoms with Crippen molar-refractivity contribution in [2.45, 2.75) is 12.5 Å². The minimum Gasteiger partial charge on any atom is -0.394 e. The highest BCUT2D eigenvalue weighted by Crippen LogP contribution is 2.12. The maximum absolute atomic E-state index is 11.7. The van der Waals surface area contributed by atoms with Crippen LogP contribution in [0.4, 0.5) is 5.69 Å². The number of aliphatic hydroxyl groups excluding tert-OH is 3. The maximum atomic E-state index is 11.7. The van der Waals surface area contributed by atoms with Gasteiger partial charge in [0.05, 0.1) is 31.9 Å². The Morgan fingerprint density at radius 1 is 1.16 bits per heavy atom. The Labute approximate surface area is 112 Å². The number of benzene rings is 1. The van der Waals surface area contributed by atoms with Crippen LogP contribution in [-0.4, -0.2) is 53.1 Å². The molecule has 1 amide bonds. The van der Waals surface area contributed by atoms with E-state index in [2.05, 4.69) is 10.6 Å². The van der Waals surface area contributed by atoms with Crippen LogP contribution in [0.1, 0.15) is 5.56 Å². The number of aryl methyl sites for hydroxylation is 1. The Hall–Kier alpha value is -1.47. The molecule has 1 aromatic carbocycles. The minimum absolute atomic E-state index is 0.115. The number of carbonyl (C=O) groups excluding carboxylic acids is 1. The van der Waals surface area contributed by atoms with Gasteiger partial charge in [-0.1, -0.05) is 18.2 Å². The van der Waals surface area contributed by atoms with E-state index in [9.17, 15) is 4.79 Å². The standard InChI is InChI=1S/C13H20N2O4/c1-10-4-2-3-5-11(10)15-12(19)6-14-13(7-16,8-17)9-18/h2-5,14,16-18H,6-9H2,1H3,(H,15,19). The number of anilines is 1. The highest BCUT2D eigenvalue weighted by molar-refractivity contribution is 5.92. The number of hydrogen-bond acceptors (Lipinski definition) is 5. The summed E-state index contributed by atoms with van der Waals surface area (Å²) in [6.07, 6.45) is 0. The molecule has 0 unspecified atom stereocenters. The lowest BCUT2D eigenvalue weighted by Crippen LogP contribution is -2.56. The molecule has 106 valence electrons. The van der Waals surface area contributed by atoms with Crippen LogP contribution in [0.2, 0.25) is 0 Å². The lowest BCUT2D eigenvalue weighted by Gasteiger charge is -2.28. The number of hydrogen-bond donors (Lipinski definition) is 5. The van der Waals surface area contributed by atoms with Gasteiger partial charge < -0.3 is 20.6 Å². The molecule has 0 aliphatic carbocycles. The monoisotopic (exact) mass is 268 g/mol. The second-order valence-corrected chi connectivity index (χ2v) is 4.47. The SMILES string of the molecule is Cc1ccccc1NC(=O)CNC(CO)(CO)CO. The van der Waals surface area contributed by atoms with Gasteiger partial charge in [0.25, 0.3) is 0 Å². The van der Waals surface area contributed by atoms with Gasteiger partial charge in [0.15, 0.2) is 0 Å². The summed E-state index contributed by atoms with van der Waals surface area (Å²) >= 11 is 0. The topological polar surface area (TPSA) is 102 Å². The van der Waals surface area contributed by atoms with Crippen molar-refractivity contribution in [2.24, 2.45) is 0 Å². The van der Waals surface area contributed by atoms with Gasteiger partial charge in [0.1, 0.15) is 0 Å². The van der Waals surface area contributed by atoms with E-state index in [1.807, 2.05) is 25.1 Å². The summed E-state index contributed by atoms with van der Waals surface area (Å²) in [5.41, 5.74) is 0.397. The smallest absolute Gasteiger partial charge is 0.238 e. The molecule has 6 heteroatoms. The molecule has 0 spiro atoms. The fraction of sp³-hybridized carbons (Fsp3) is 0.462. The molecule has 0 fully saturated rings. The fourth-order valence-corrected chi connectivity index (χ4v) is 1.49. The van der Waals surface area contributed by atoms with Crippen LogP contribution >= 0.6 is 0 Å². The van der Waals surface area contributed by atoms with Crippen LogP contribution in [0.15, 0.2) is 24.3 Å². The van der Waals surface area contributed by atoms with Crippen LogP contribution in [0, 0.1) is 6.92 Å². The van der Waals surface area contributed by atoms with E-state index in [1.165, 1.54) is 0 Å². The first-order valence-corrected chi connectivity index (χ1v) is 6.00. The van der Waals surface area contributed by atoms with E-state index >= 15 is 0 Å². The van der Waals surface area contributed by atoms with Crippen molar-refractivity contribution in [3.05, 3.63) is 29.8 Å². The van der Waals surface area contributed by atoms with E-state index in [0.717, 1.165) is 5.56 Å². The first-order valence-electron chi connectivity index (χ1n) is 6.00. The predicted molar refractivity (Wildman–Crippen MR) is 71.8 cm³/mol. The second-order valence-electron chi connectivity index (χ2n) is 4.47. The molecule has 0 saturated carbocycles. The average molecular weight is 268 g/mol. The maximum Gasteiger partial charge on any atom is 0.238 e. The van der Waals surface area contributed by atoms with Crippen molar-refractivity contribution >= 4 is 11.6 Å². The molecule has 0 aliphatic rings. The van der Waals surface area contributed by atoms with Gasteiger partial charge in [-0.05, 0) is 18.6 Å². The van der Waals surface area contributed by atoms with Gasteiger partial charge in [0.2, 0.25) is 5.91 Å². The number of rotatable bonds is 7. The Morgan fingerprint density at radius 2 is 1.74 bits per heavy atom. The fourth-order valence-electron chi connectivity index (χ4n) is 1.49. The van der Waals surface area contributed by atoms with E-state index < -0.39 is 25.4 Å². The molecular weight excluding hydrogens is 248 g/mol. The number of nitrogens with one attached hydrogen (secondary N) is 2. The molecule has 5 N–H and O–H groups in total. The zero-order chi connectivity index (χ0) is 14.3. The molecular formula is C13H20N2O4. The number of carbonyl (C=O) groups is 1. The molecule has 1 aromatic rings. The summed E-state index contributed by atoms with van der Waals surface area (Å²) in [6.45, 7) is 0.380. The molecule has 6 nitrogen and oxygen atoms in total. The van der Waals surface area contributed by atoms with Gasteiger partial charge in [-0.3, -0.25) is 10.1 Å². The summed E-state index contributed by atoms with van der Waals surface area (Å²) in [6, 6.07) is 7.35. The Balaban J connectivity index is 2.55. The summed E-state index contributed by atoms with van der Waals surface area (Å²) in [5.74, 6) is -0.311. The van der Waals surface area contributed by atoms with Gasteiger partial charge in [-0.15, -0.1) is 0 Å². The Bertz CT molecular complexity index is 411. The van der Waals surface area contributed by atoms with Crippen LogP contribution in [0.5, 0.6) is 0 Å². The minimum atomic E-state index is -1.25. The zero-order valence-electron chi connectivity index (χ0n) is 10.9. The van der Waals surface area contributed by atoms with Crippen LogP contribution in [0.3, 0.4) is 0 Å². The lowest BCUT2D eigenvalue weighted by molar-refractivity contribution is -0.116. The number of para-hydroxylation sites is 1. The molecule has 0 heterocycles. The average Bonchev–Trinajstić information content (AvgIpc) is 2.44. The quantitative estimate of drug-likeness (QED) is 0.447. The third kappa shape index (κ3) is 4.29. The third-order valence-corrected chi connectivity index (χ3v) is 2.95. The van der Waals surface area contributed by atoms with E-state index in [1.54, 1.807) is 6.07 Å². The summed E-state index contributed by atoms with van der Waals surface area (Å²) in [5, 5.41) is 32.7. The molecule has 1 rings (SSSR count). The predicted octanol–water partition coefficient (Wildman–Crippen LogP) is -0.761. The molecule has 0 saturated heterocycles. The molecule has 0 bridgehead atoms. The van der Waals surface area contributed by atoms with E-state index in [-0.39, 0.29) is 12.5 Å². The third-order valence-electron chi connectivity index (χ3n) is 2.95. The van der Waals surface area contributed by atoms with Crippen LogP contribution < -0.4 is 10.6 Å². The molecule has 0 atom stereocenters. The van der Waals surface area contributed by atoms with Crippen LogP contribution in [-0.2, 0) is 4.79 Å². The Kier molecular flexibility index (Phi) is 5.91. The van der Waals surface area contributed by atoms with Crippen molar-refractivity contribution < 1.29 is 20.1 Å². The normalized spacial score (nSPS) is 11.4. The molecule has 19 heavy (non-hydrogen) atoms. The highest BCUT2D eigenvalue weighted by Gasteiger charge is 2.27. The van der Waals surface area contributed by atoms with Gasteiger partial charge in [-0.25, -0.2) is 0 Å². The van der Waals surface area contributed by atoms with Gasteiger partial charge >= 0.3 is 0 Å². The van der Waals surface area contributed by atoms with E-state index in [0.29, 0.717) is 5.69 Å². The summed E-state index contributed by atoms with van der Waals surface area (Å²) < 4.78 is 0. The van der Waals surface area contributed by atoms with Crippen molar-refractivity contribution in [1.29, 1.82) is 0 Å². The van der Waals surface area contributed by atoms with Crippen molar-refractivity contribution in [3.8, 4) is 0 Å². The number of amides is 1.